The average Bonchev–Trinajstić information content (AvgIpc) is 3.00. The quantitative estimate of drug-likeness (QED) is 0.402. The van der Waals surface area contributed by atoms with Gasteiger partial charge in [0.05, 0.1) is 17.6 Å². The third-order valence-electron chi connectivity index (χ3n) is 5.13. The van der Waals surface area contributed by atoms with Crippen molar-refractivity contribution >= 4 is 40.9 Å². The van der Waals surface area contributed by atoms with E-state index in [4.69, 9.17) is 12.2 Å². The van der Waals surface area contributed by atoms with E-state index < -0.39 is 11.8 Å². The molecule has 2 amide bonds. The predicted octanol–water partition coefficient (Wildman–Crippen LogP) is 3.63. The van der Waals surface area contributed by atoms with Gasteiger partial charge in [0.1, 0.15) is 5.57 Å². The molecular formula is C23H20N4O2S. The van der Waals surface area contributed by atoms with E-state index in [0.29, 0.717) is 5.69 Å². The minimum Gasteiger partial charge on any atom is -0.316 e. The van der Waals surface area contributed by atoms with Crippen molar-refractivity contribution in [3.8, 4) is 5.69 Å². The number of pyridine rings is 1. The molecule has 6 nitrogen and oxygen atoms in total. The summed E-state index contributed by atoms with van der Waals surface area (Å²) in [5, 5.41) is 2.72. The lowest BCUT2D eigenvalue weighted by Crippen LogP contribution is -2.54. The number of anilines is 1. The zero-order valence-corrected chi connectivity index (χ0v) is 17.7. The highest BCUT2D eigenvalue weighted by Gasteiger charge is 2.35. The maximum absolute atomic E-state index is 13.3. The van der Waals surface area contributed by atoms with E-state index in [-0.39, 0.29) is 10.7 Å². The summed E-state index contributed by atoms with van der Waals surface area (Å²) >= 11 is 5.29. The van der Waals surface area contributed by atoms with Gasteiger partial charge in [0.25, 0.3) is 11.8 Å². The summed E-state index contributed by atoms with van der Waals surface area (Å²) in [5.74, 6) is -0.940. The predicted molar refractivity (Wildman–Crippen MR) is 120 cm³/mol. The van der Waals surface area contributed by atoms with E-state index in [9.17, 15) is 9.59 Å². The average molecular weight is 417 g/mol. The molecule has 1 aromatic carbocycles. The summed E-state index contributed by atoms with van der Waals surface area (Å²) in [7, 11) is 0. The molecule has 1 aliphatic rings. The van der Waals surface area contributed by atoms with Crippen LogP contribution in [0.1, 0.15) is 22.5 Å². The number of aromatic nitrogens is 2. The molecule has 2 aromatic heterocycles. The second-order valence-corrected chi connectivity index (χ2v) is 7.50. The first-order chi connectivity index (χ1) is 14.4. The molecule has 3 aromatic rings. The van der Waals surface area contributed by atoms with Crippen LogP contribution in [0.2, 0.25) is 0 Å². The van der Waals surface area contributed by atoms with Crippen molar-refractivity contribution in [3.05, 3.63) is 82.9 Å². The second kappa shape index (κ2) is 7.68. The van der Waals surface area contributed by atoms with Gasteiger partial charge in [-0.25, -0.2) is 0 Å². The summed E-state index contributed by atoms with van der Waals surface area (Å²) < 4.78 is 2.04. The van der Waals surface area contributed by atoms with Gasteiger partial charge < -0.3 is 4.57 Å². The van der Waals surface area contributed by atoms with E-state index in [1.54, 1.807) is 18.5 Å². The number of aryl methyl sites for hydroxylation is 2. The maximum Gasteiger partial charge on any atom is 0.270 e. The summed E-state index contributed by atoms with van der Waals surface area (Å²) in [6, 6.07) is 13.2. The molecule has 0 aliphatic carbocycles. The topological polar surface area (TPSA) is 67.2 Å². The van der Waals surface area contributed by atoms with Crippen LogP contribution in [0.5, 0.6) is 0 Å². The molecule has 1 aliphatic heterocycles. The van der Waals surface area contributed by atoms with Gasteiger partial charge in [-0.3, -0.25) is 24.8 Å². The number of nitrogens with zero attached hydrogens (tertiary/aromatic N) is 3. The SMILES string of the molecule is Cc1ccccc1N1C(=O)/C(=C/c2cc(C)n(-c3cccnc3)c2C)C(=O)NC1=S. The molecular weight excluding hydrogens is 396 g/mol. The zero-order chi connectivity index (χ0) is 21.4. The first-order valence-corrected chi connectivity index (χ1v) is 9.85. The number of amides is 2. The molecule has 1 fully saturated rings. The molecule has 30 heavy (non-hydrogen) atoms. The Bertz CT molecular complexity index is 1210. The largest absolute Gasteiger partial charge is 0.316 e. The van der Waals surface area contributed by atoms with Crippen molar-refractivity contribution in [3.63, 3.8) is 0 Å². The molecule has 0 atom stereocenters. The molecule has 1 N–H and O–H groups in total. The van der Waals surface area contributed by atoms with Gasteiger partial charge in [-0.05, 0) is 74.5 Å². The van der Waals surface area contributed by atoms with Gasteiger partial charge in [0, 0.05) is 17.6 Å². The smallest absolute Gasteiger partial charge is 0.270 e. The lowest BCUT2D eigenvalue weighted by Gasteiger charge is -2.30. The lowest BCUT2D eigenvalue weighted by molar-refractivity contribution is -0.122. The van der Waals surface area contributed by atoms with Crippen LogP contribution in [0.15, 0.2) is 60.4 Å². The van der Waals surface area contributed by atoms with Crippen LogP contribution in [0, 0.1) is 20.8 Å². The van der Waals surface area contributed by atoms with Crippen molar-refractivity contribution in [2.24, 2.45) is 0 Å². The minimum absolute atomic E-state index is 0.0401. The van der Waals surface area contributed by atoms with Crippen molar-refractivity contribution in [2.45, 2.75) is 20.8 Å². The first-order valence-electron chi connectivity index (χ1n) is 9.45. The molecule has 0 unspecified atom stereocenters. The number of carbonyl (C=O) groups is 2. The van der Waals surface area contributed by atoms with Crippen molar-refractivity contribution in [1.29, 1.82) is 0 Å². The molecule has 0 spiro atoms. The number of carbonyl (C=O) groups excluding carboxylic acids is 2. The fraction of sp³-hybridized carbons (Fsp3) is 0.130. The van der Waals surface area contributed by atoms with Crippen molar-refractivity contribution in [1.82, 2.24) is 14.9 Å². The summed E-state index contributed by atoms with van der Waals surface area (Å²) in [4.78, 5) is 31.4. The van der Waals surface area contributed by atoms with Gasteiger partial charge in [-0.2, -0.15) is 0 Å². The Kier molecular flexibility index (Phi) is 5.05. The van der Waals surface area contributed by atoms with Crippen LogP contribution in [-0.2, 0) is 9.59 Å². The first kappa shape index (κ1) is 19.7. The van der Waals surface area contributed by atoms with Crippen LogP contribution < -0.4 is 10.2 Å². The number of thiocarbonyl (C=S) groups is 1. The van der Waals surface area contributed by atoms with Crippen LogP contribution in [0.4, 0.5) is 5.69 Å². The monoisotopic (exact) mass is 416 g/mol. The lowest BCUT2D eigenvalue weighted by atomic mass is 10.1. The van der Waals surface area contributed by atoms with Gasteiger partial charge in [-0.15, -0.1) is 0 Å². The molecule has 3 heterocycles. The summed E-state index contributed by atoms with van der Waals surface area (Å²) in [5.41, 5.74) is 5.16. The summed E-state index contributed by atoms with van der Waals surface area (Å²) in [6.07, 6.45) is 5.11. The third-order valence-corrected chi connectivity index (χ3v) is 5.42. The van der Waals surface area contributed by atoms with Crippen molar-refractivity contribution in [2.75, 3.05) is 4.90 Å². The van der Waals surface area contributed by atoms with Gasteiger partial charge in [0.2, 0.25) is 0 Å². The minimum atomic E-state index is -0.499. The fourth-order valence-corrected chi connectivity index (χ4v) is 3.94. The number of hydrogen-bond donors (Lipinski definition) is 1. The van der Waals surface area contributed by atoms with Crippen LogP contribution in [-0.4, -0.2) is 26.5 Å². The Morgan fingerprint density at radius 1 is 1.07 bits per heavy atom. The molecule has 150 valence electrons. The van der Waals surface area contributed by atoms with Crippen LogP contribution in [0.3, 0.4) is 0 Å². The highest BCUT2D eigenvalue weighted by molar-refractivity contribution is 7.80. The van der Waals surface area contributed by atoms with Gasteiger partial charge >= 0.3 is 0 Å². The Labute approximate surface area is 179 Å². The van der Waals surface area contributed by atoms with Crippen molar-refractivity contribution < 1.29 is 9.59 Å². The van der Waals surface area contributed by atoms with E-state index in [0.717, 1.165) is 28.2 Å². The number of para-hydroxylation sites is 1. The highest BCUT2D eigenvalue weighted by atomic mass is 32.1. The number of hydrogen-bond acceptors (Lipinski definition) is 4. The van der Waals surface area contributed by atoms with E-state index in [1.807, 2.05) is 67.8 Å². The normalized spacial score (nSPS) is 15.6. The molecule has 1 saturated heterocycles. The van der Waals surface area contributed by atoms with E-state index >= 15 is 0 Å². The second-order valence-electron chi connectivity index (χ2n) is 7.12. The Hall–Kier alpha value is -3.58. The molecule has 0 radical (unpaired) electrons. The van der Waals surface area contributed by atoms with Gasteiger partial charge in [-0.1, -0.05) is 18.2 Å². The number of nitrogens with one attached hydrogen (secondary N) is 1. The Morgan fingerprint density at radius 3 is 2.53 bits per heavy atom. The highest BCUT2D eigenvalue weighted by Crippen LogP contribution is 2.27. The standard InChI is InChI=1S/C23H20N4O2S/c1-14-7-4-5-9-20(14)27-22(29)19(21(28)25-23(27)30)12-17-11-15(2)26(16(17)3)18-8-6-10-24-13-18/h4-13H,1-3H3,(H,25,28,30)/b19-12+. The molecule has 0 bridgehead atoms. The number of rotatable bonds is 3. The molecule has 0 saturated carbocycles. The molecule has 4 rings (SSSR count). The van der Waals surface area contributed by atoms with E-state index in [1.165, 1.54) is 4.90 Å². The van der Waals surface area contributed by atoms with Gasteiger partial charge in [0.15, 0.2) is 5.11 Å². The third kappa shape index (κ3) is 3.33. The van der Waals surface area contributed by atoms with Crippen LogP contribution in [0.25, 0.3) is 11.8 Å². The fourth-order valence-electron chi connectivity index (χ4n) is 3.66. The molecule has 7 heteroatoms. The van der Waals surface area contributed by atoms with E-state index in [2.05, 4.69) is 10.3 Å². The zero-order valence-electron chi connectivity index (χ0n) is 16.8. The summed E-state index contributed by atoms with van der Waals surface area (Å²) in [6.45, 7) is 5.81. The van der Waals surface area contributed by atoms with Crippen LogP contribution >= 0.6 is 12.2 Å². The maximum atomic E-state index is 13.3. The number of benzene rings is 1. The Balaban J connectivity index is 1.78. The Morgan fingerprint density at radius 2 is 1.83 bits per heavy atom.